The molecule has 0 bridgehead atoms. The highest BCUT2D eigenvalue weighted by molar-refractivity contribution is 7.22. The van der Waals surface area contributed by atoms with Gasteiger partial charge in [0.25, 0.3) is 0 Å². The van der Waals surface area contributed by atoms with E-state index in [-0.39, 0.29) is 18.2 Å². The molecular weight excluding hydrogens is 430 g/mol. The minimum atomic E-state index is -4.73. The molecular formula is C22H25F4N3OS. The lowest BCUT2D eigenvalue weighted by atomic mass is 10.1. The van der Waals surface area contributed by atoms with Gasteiger partial charge in [-0.2, -0.15) is 13.2 Å². The quantitative estimate of drug-likeness (QED) is 0.491. The van der Waals surface area contributed by atoms with Crippen molar-refractivity contribution >= 4 is 26.7 Å². The Bertz CT molecular complexity index is 1010. The molecule has 168 valence electrons. The third kappa shape index (κ3) is 5.53. The van der Waals surface area contributed by atoms with Gasteiger partial charge in [0.15, 0.2) is 5.13 Å². The number of aliphatic hydroxyl groups excluding tert-OH is 1. The van der Waals surface area contributed by atoms with Gasteiger partial charge < -0.3 is 10.0 Å². The fourth-order valence-corrected chi connectivity index (χ4v) is 4.61. The van der Waals surface area contributed by atoms with Crippen LogP contribution >= 0.6 is 11.3 Å². The maximum atomic E-state index is 13.9. The van der Waals surface area contributed by atoms with Crippen LogP contribution in [-0.2, 0) is 6.18 Å². The van der Waals surface area contributed by atoms with Crippen molar-refractivity contribution in [1.82, 2.24) is 9.88 Å². The number of allylic oxidation sites excluding steroid dienone is 2. The lowest BCUT2D eigenvalue weighted by Gasteiger charge is -2.40. The number of hydrogen-bond donors (Lipinski definition) is 1. The molecule has 0 unspecified atom stereocenters. The number of nitrogens with zero attached hydrogens (tertiary/aromatic N) is 3. The van der Waals surface area contributed by atoms with Crippen molar-refractivity contribution in [1.29, 1.82) is 0 Å². The molecule has 0 saturated carbocycles. The first-order chi connectivity index (χ1) is 14.6. The predicted molar refractivity (Wildman–Crippen MR) is 117 cm³/mol. The first-order valence-corrected chi connectivity index (χ1v) is 10.7. The van der Waals surface area contributed by atoms with Crippen LogP contribution in [-0.4, -0.2) is 53.8 Å². The molecule has 2 heterocycles. The minimum absolute atomic E-state index is 0.0155. The van der Waals surface area contributed by atoms with Crippen LogP contribution in [0.4, 0.5) is 22.7 Å². The van der Waals surface area contributed by atoms with Crippen LogP contribution in [0, 0.1) is 5.82 Å². The summed E-state index contributed by atoms with van der Waals surface area (Å²) in [4.78, 5) is 8.71. The number of fused-ring (bicyclic) bond motifs is 1. The maximum Gasteiger partial charge on any atom is 0.419 e. The molecule has 1 fully saturated rings. The molecule has 1 aliphatic rings. The van der Waals surface area contributed by atoms with E-state index in [4.69, 9.17) is 5.11 Å². The number of thiazole rings is 1. The van der Waals surface area contributed by atoms with Crippen molar-refractivity contribution < 1.29 is 22.7 Å². The first-order valence-electron chi connectivity index (χ1n) is 9.89. The highest BCUT2D eigenvalue weighted by atomic mass is 32.1. The monoisotopic (exact) mass is 455 g/mol. The molecule has 9 heteroatoms. The van der Waals surface area contributed by atoms with Crippen molar-refractivity contribution in [2.75, 3.05) is 37.7 Å². The van der Waals surface area contributed by atoms with Gasteiger partial charge >= 0.3 is 6.18 Å². The normalized spacial score (nSPS) is 19.3. The van der Waals surface area contributed by atoms with E-state index in [9.17, 15) is 17.6 Å². The number of alkyl halides is 3. The van der Waals surface area contributed by atoms with Gasteiger partial charge in [-0.25, -0.2) is 9.37 Å². The molecule has 0 aliphatic carbocycles. The zero-order valence-electron chi connectivity index (χ0n) is 17.4. The standard InChI is InChI=1S/C22H25F4N3OS/c1-4-16(9-14(2)5-8-30)13-28-6-7-29(12-15(28)3)21-27-19-11-18(23)17(22(24,25)26)10-20(19)31-21/h4-5,9-11,15,30H,1,6-8,12-13H2,2-3H3/b14-5-,16-9+/t15-/m1/s1. The molecule has 1 aromatic heterocycles. The number of rotatable bonds is 6. The number of piperazine rings is 1. The fraction of sp³-hybridized carbons (Fsp3) is 0.409. The fourth-order valence-electron chi connectivity index (χ4n) is 3.59. The third-order valence-corrected chi connectivity index (χ3v) is 6.36. The Morgan fingerprint density at radius 2 is 2.10 bits per heavy atom. The van der Waals surface area contributed by atoms with Crippen LogP contribution in [0.2, 0.25) is 0 Å². The number of anilines is 1. The molecule has 1 atom stereocenters. The van der Waals surface area contributed by atoms with E-state index >= 15 is 0 Å². The molecule has 0 spiro atoms. The van der Waals surface area contributed by atoms with Crippen molar-refractivity contribution in [3.63, 3.8) is 0 Å². The number of halogens is 4. The maximum absolute atomic E-state index is 13.9. The first kappa shape index (κ1) is 23.4. The zero-order valence-corrected chi connectivity index (χ0v) is 18.2. The molecule has 2 aromatic rings. The predicted octanol–water partition coefficient (Wildman–Crippen LogP) is 5.02. The Labute approximate surface area is 182 Å². The Hall–Kier alpha value is -2.23. The van der Waals surface area contributed by atoms with Crippen molar-refractivity contribution in [3.05, 3.63) is 59.5 Å². The van der Waals surface area contributed by atoms with E-state index in [1.54, 1.807) is 12.2 Å². The number of aliphatic hydroxyl groups is 1. The van der Waals surface area contributed by atoms with Crippen LogP contribution in [0.1, 0.15) is 19.4 Å². The summed E-state index contributed by atoms with van der Waals surface area (Å²) in [6, 6.07) is 1.88. The van der Waals surface area contributed by atoms with Gasteiger partial charge in [-0.05, 0) is 25.5 Å². The largest absolute Gasteiger partial charge is 0.419 e. The van der Waals surface area contributed by atoms with Gasteiger partial charge in [-0.3, -0.25) is 4.90 Å². The second kappa shape index (κ2) is 9.50. The Kier molecular flexibility index (Phi) is 7.18. The highest BCUT2D eigenvalue weighted by Crippen LogP contribution is 2.37. The molecule has 1 saturated heterocycles. The second-order valence-electron chi connectivity index (χ2n) is 7.61. The Morgan fingerprint density at radius 3 is 2.71 bits per heavy atom. The summed E-state index contributed by atoms with van der Waals surface area (Å²) >= 11 is 1.15. The number of aromatic nitrogens is 1. The van der Waals surface area contributed by atoms with Crippen LogP contribution in [0.3, 0.4) is 0 Å². The van der Waals surface area contributed by atoms with Crippen LogP contribution in [0.25, 0.3) is 10.2 Å². The summed E-state index contributed by atoms with van der Waals surface area (Å²) < 4.78 is 53.2. The van der Waals surface area contributed by atoms with Gasteiger partial charge in [0, 0.05) is 38.3 Å². The summed E-state index contributed by atoms with van der Waals surface area (Å²) in [5.74, 6) is -1.30. The van der Waals surface area contributed by atoms with E-state index in [1.165, 1.54) is 0 Å². The van der Waals surface area contributed by atoms with Crippen molar-refractivity contribution in [3.8, 4) is 0 Å². The lowest BCUT2D eigenvalue weighted by molar-refractivity contribution is -0.139. The van der Waals surface area contributed by atoms with E-state index in [0.29, 0.717) is 29.5 Å². The van der Waals surface area contributed by atoms with E-state index in [0.717, 1.165) is 41.2 Å². The minimum Gasteiger partial charge on any atom is -0.392 e. The molecule has 1 aliphatic heterocycles. The van der Waals surface area contributed by atoms with E-state index in [2.05, 4.69) is 23.4 Å². The topological polar surface area (TPSA) is 39.6 Å². The molecule has 1 aromatic carbocycles. The van der Waals surface area contributed by atoms with E-state index < -0.39 is 17.6 Å². The smallest absolute Gasteiger partial charge is 0.392 e. The summed E-state index contributed by atoms with van der Waals surface area (Å²) in [6.07, 6.45) is 0.783. The molecule has 31 heavy (non-hydrogen) atoms. The lowest BCUT2D eigenvalue weighted by Crippen LogP contribution is -2.52. The molecule has 1 N–H and O–H groups in total. The van der Waals surface area contributed by atoms with Crippen molar-refractivity contribution in [2.45, 2.75) is 26.1 Å². The van der Waals surface area contributed by atoms with Crippen LogP contribution in [0.5, 0.6) is 0 Å². The summed E-state index contributed by atoms with van der Waals surface area (Å²) in [7, 11) is 0. The SMILES string of the molecule is C=C/C(=C\C(C)=C/CO)CN1CCN(c2nc3cc(F)c(C(F)(F)F)cc3s2)C[C@H]1C. The van der Waals surface area contributed by atoms with Crippen LogP contribution in [0.15, 0.2) is 48.1 Å². The van der Waals surface area contributed by atoms with Gasteiger partial charge in [0.1, 0.15) is 5.82 Å². The summed E-state index contributed by atoms with van der Waals surface area (Å²) in [6.45, 7) is 10.6. The molecule has 0 amide bonds. The highest BCUT2D eigenvalue weighted by Gasteiger charge is 2.35. The molecule has 4 nitrogen and oxygen atoms in total. The van der Waals surface area contributed by atoms with E-state index in [1.807, 2.05) is 17.9 Å². The summed E-state index contributed by atoms with van der Waals surface area (Å²) in [5.41, 5.74) is 0.979. The van der Waals surface area contributed by atoms with Crippen LogP contribution < -0.4 is 4.90 Å². The van der Waals surface area contributed by atoms with Gasteiger partial charge in [-0.1, -0.05) is 41.7 Å². The van der Waals surface area contributed by atoms with Gasteiger partial charge in [0.2, 0.25) is 0 Å². The Balaban J connectivity index is 1.74. The summed E-state index contributed by atoms with van der Waals surface area (Å²) in [5, 5.41) is 9.62. The Morgan fingerprint density at radius 1 is 1.35 bits per heavy atom. The molecule has 0 radical (unpaired) electrons. The number of benzene rings is 1. The zero-order chi connectivity index (χ0) is 22.8. The second-order valence-corrected chi connectivity index (χ2v) is 8.62. The van der Waals surface area contributed by atoms with Gasteiger partial charge in [0.05, 0.1) is 22.4 Å². The third-order valence-electron chi connectivity index (χ3n) is 5.28. The van der Waals surface area contributed by atoms with Crippen molar-refractivity contribution in [2.24, 2.45) is 0 Å². The molecule has 3 rings (SSSR count). The average molecular weight is 456 g/mol. The average Bonchev–Trinajstić information content (AvgIpc) is 3.10. The number of hydrogen-bond acceptors (Lipinski definition) is 5. The van der Waals surface area contributed by atoms with Gasteiger partial charge in [-0.15, -0.1) is 0 Å².